The van der Waals surface area contributed by atoms with Crippen LogP contribution in [0.1, 0.15) is 26.5 Å². The molecule has 3 N–H and O–H groups in total. The van der Waals surface area contributed by atoms with Crippen molar-refractivity contribution in [3.8, 4) is 0 Å². The van der Waals surface area contributed by atoms with E-state index in [0.29, 0.717) is 38.6 Å². The summed E-state index contributed by atoms with van der Waals surface area (Å²) in [6.07, 6.45) is 0. The monoisotopic (exact) mass is 386 g/mol. The van der Waals surface area contributed by atoms with E-state index in [4.69, 9.17) is 10.5 Å². The van der Waals surface area contributed by atoms with Crippen LogP contribution in [-0.2, 0) is 11.3 Å². The number of aryl methyl sites for hydroxylation is 2. The van der Waals surface area contributed by atoms with Crippen molar-refractivity contribution in [3.05, 3.63) is 56.1 Å². The zero-order valence-electron chi connectivity index (χ0n) is 15.0. The Balaban J connectivity index is 1.99. The van der Waals surface area contributed by atoms with Gasteiger partial charge in [0.1, 0.15) is 9.71 Å². The molecule has 2 heterocycles. The predicted molar refractivity (Wildman–Crippen MR) is 105 cm³/mol. The number of anilines is 2. The number of nitrogens with zero attached hydrogens (tertiary/aromatic N) is 2. The molecule has 0 saturated carbocycles. The van der Waals surface area contributed by atoms with Crippen molar-refractivity contribution in [3.63, 3.8) is 0 Å². The molecule has 1 aromatic carbocycles. The van der Waals surface area contributed by atoms with E-state index in [0.717, 1.165) is 11.3 Å². The molecule has 0 fully saturated rings. The molecule has 9 heteroatoms. The molecule has 0 unspecified atom stereocenters. The average molecular weight is 386 g/mol. The highest BCUT2D eigenvalue weighted by molar-refractivity contribution is 7.21. The third-order valence-corrected chi connectivity index (χ3v) is 5.18. The van der Waals surface area contributed by atoms with Gasteiger partial charge in [-0.25, -0.2) is 4.98 Å². The van der Waals surface area contributed by atoms with Crippen LogP contribution < -0.4 is 11.1 Å². The van der Waals surface area contributed by atoms with Gasteiger partial charge in [-0.3, -0.25) is 14.9 Å². The summed E-state index contributed by atoms with van der Waals surface area (Å²) in [5, 5.41) is 14.5. The molecule has 0 atom stereocenters. The van der Waals surface area contributed by atoms with Crippen LogP contribution in [0.15, 0.2) is 24.3 Å². The first-order chi connectivity index (χ1) is 12.8. The number of nitro benzene ring substituents is 1. The predicted octanol–water partition coefficient (Wildman–Crippen LogP) is 3.80. The van der Waals surface area contributed by atoms with Gasteiger partial charge in [0.25, 0.3) is 11.6 Å². The Hall–Kier alpha value is -3.04. The Morgan fingerprint density at radius 2 is 2.11 bits per heavy atom. The fourth-order valence-electron chi connectivity index (χ4n) is 2.85. The summed E-state index contributed by atoms with van der Waals surface area (Å²) in [5.74, 6) is -0.435. The maximum Gasteiger partial charge on any atom is 0.274 e. The molecule has 8 nitrogen and oxygen atoms in total. The fourth-order valence-corrected chi connectivity index (χ4v) is 3.93. The van der Waals surface area contributed by atoms with E-state index in [2.05, 4.69) is 10.3 Å². The van der Waals surface area contributed by atoms with Crippen molar-refractivity contribution >= 4 is 44.5 Å². The van der Waals surface area contributed by atoms with Gasteiger partial charge in [0, 0.05) is 35.5 Å². The Bertz CT molecular complexity index is 1060. The van der Waals surface area contributed by atoms with Gasteiger partial charge in [0.05, 0.1) is 17.2 Å². The summed E-state index contributed by atoms with van der Waals surface area (Å²) >= 11 is 1.18. The van der Waals surface area contributed by atoms with Gasteiger partial charge in [0.2, 0.25) is 0 Å². The number of nitrogens with one attached hydrogen (secondary N) is 1. The van der Waals surface area contributed by atoms with Gasteiger partial charge in [-0.1, -0.05) is 6.07 Å². The normalized spacial score (nSPS) is 10.9. The largest absolute Gasteiger partial charge is 0.397 e. The number of hydrogen-bond donors (Lipinski definition) is 2. The minimum Gasteiger partial charge on any atom is -0.397 e. The van der Waals surface area contributed by atoms with Crippen LogP contribution in [0.4, 0.5) is 17.1 Å². The second kappa shape index (κ2) is 7.29. The quantitative estimate of drug-likeness (QED) is 0.508. The van der Waals surface area contributed by atoms with E-state index in [-0.39, 0.29) is 5.69 Å². The summed E-state index contributed by atoms with van der Waals surface area (Å²) < 4.78 is 5.22. The van der Waals surface area contributed by atoms with E-state index in [1.807, 2.05) is 13.0 Å². The first-order valence-electron chi connectivity index (χ1n) is 8.05. The van der Waals surface area contributed by atoms with E-state index < -0.39 is 10.8 Å². The van der Waals surface area contributed by atoms with Crippen LogP contribution in [0.2, 0.25) is 0 Å². The number of carbonyl (C=O) groups excluding carboxylic acids is 1. The molecule has 3 rings (SSSR count). The maximum atomic E-state index is 12.7. The Kier molecular flexibility index (Phi) is 5.06. The lowest BCUT2D eigenvalue weighted by Gasteiger charge is -2.06. The number of methoxy groups -OCH3 is 1. The average Bonchev–Trinajstić information content (AvgIpc) is 2.93. The molecule has 0 saturated heterocycles. The number of hydrogen-bond acceptors (Lipinski definition) is 7. The molecule has 0 aliphatic heterocycles. The van der Waals surface area contributed by atoms with Gasteiger partial charge in [-0.2, -0.15) is 0 Å². The lowest BCUT2D eigenvalue weighted by molar-refractivity contribution is -0.385. The third kappa shape index (κ3) is 3.60. The van der Waals surface area contributed by atoms with E-state index >= 15 is 0 Å². The highest BCUT2D eigenvalue weighted by Crippen LogP contribution is 2.36. The smallest absolute Gasteiger partial charge is 0.274 e. The molecule has 0 spiro atoms. The summed E-state index contributed by atoms with van der Waals surface area (Å²) in [5.41, 5.74) is 9.00. The topological polar surface area (TPSA) is 120 Å². The molecule has 3 aromatic rings. The highest BCUT2D eigenvalue weighted by Gasteiger charge is 2.21. The van der Waals surface area contributed by atoms with Gasteiger partial charge < -0.3 is 15.8 Å². The number of fused-ring (bicyclic) bond motifs is 1. The minimum atomic E-state index is -0.484. The zero-order chi connectivity index (χ0) is 19.7. The van der Waals surface area contributed by atoms with Crippen LogP contribution >= 0.6 is 11.3 Å². The first-order valence-corrected chi connectivity index (χ1v) is 8.87. The van der Waals surface area contributed by atoms with Crippen LogP contribution in [0, 0.1) is 24.0 Å². The summed E-state index contributed by atoms with van der Waals surface area (Å²) in [4.78, 5) is 28.7. The van der Waals surface area contributed by atoms with Crippen LogP contribution in [0.25, 0.3) is 10.2 Å². The van der Waals surface area contributed by atoms with Gasteiger partial charge >= 0.3 is 0 Å². The maximum absolute atomic E-state index is 12.7. The first kappa shape index (κ1) is 18.7. The van der Waals surface area contributed by atoms with Crippen molar-refractivity contribution in [1.29, 1.82) is 0 Å². The van der Waals surface area contributed by atoms with E-state index in [1.54, 1.807) is 26.2 Å². The van der Waals surface area contributed by atoms with E-state index in [1.165, 1.54) is 17.4 Å². The van der Waals surface area contributed by atoms with Gasteiger partial charge in [-0.05, 0) is 31.5 Å². The van der Waals surface area contributed by atoms with Crippen LogP contribution in [0.3, 0.4) is 0 Å². The Morgan fingerprint density at radius 3 is 2.78 bits per heavy atom. The molecule has 140 valence electrons. The number of benzene rings is 1. The molecule has 0 aliphatic carbocycles. The molecule has 1 amide bonds. The van der Waals surface area contributed by atoms with Crippen molar-refractivity contribution in [2.45, 2.75) is 20.5 Å². The number of nitrogen functional groups attached to an aromatic ring is 1. The lowest BCUT2D eigenvalue weighted by atomic mass is 10.1. The minimum absolute atomic E-state index is 0.0585. The molecule has 0 bridgehead atoms. The second-order valence-corrected chi connectivity index (χ2v) is 7.09. The zero-order valence-corrected chi connectivity index (χ0v) is 15.8. The fraction of sp³-hybridized carbons (Fsp3) is 0.222. The van der Waals surface area contributed by atoms with Crippen molar-refractivity contribution in [1.82, 2.24) is 4.98 Å². The standard InChI is InChI=1S/C18H18N4O4S/c1-9-4-5-12(7-13(9)22(24)25)21-17(23)16-15(19)14-11(8-26-3)6-10(2)20-18(14)27-16/h4-7H,8,19H2,1-3H3,(H,21,23). The van der Waals surface area contributed by atoms with Crippen LogP contribution in [0.5, 0.6) is 0 Å². The number of nitrogens with two attached hydrogens (primary N) is 1. The van der Waals surface area contributed by atoms with Crippen molar-refractivity contribution < 1.29 is 14.5 Å². The highest BCUT2D eigenvalue weighted by atomic mass is 32.1. The van der Waals surface area contributed by atoms with Crippen molar-refractivity contribution in [2.24, 2.45) is 0 Å². The molecular weight excluding hydrogens is 368 g/mol. The molecule has 2 aromatic heterocycles. The van der Waals surface area contributed by atoms with Crippen LogP contribution in [-0.4, -0.2) is 22.9 Å². The molecule has 27 heavy (non-hydrogen) atoms. The lowest BCUT2D eigenvalue weighted by Crippen LogP contribution is -2.12. The summed E-state index contributed by atoms with van der Waals surface area (Å²) in [6, 6.07) is 6.40. The van der Waals surface area contributed by atoms with Gasteiger partial charge in [-0.15, -0.1) is 11.3 Å². The van der Waals surface area contributed by atoms with E-state index in [9.17, 15) is 14.9 Å². The molecule has 0 radical (unpaired) electrons. The number of aromatic nitrogens is 1. The Labute approximate surface area is 159 Å². The number of thiophene rings is 1. The second-order valence-electron chi connectivity index (χ2n) is 6.09. The molecule has 0 aliphatic rings. The number of ether oxygens (including phenoxy) is 1. The van der Waals surface area contributed by atoms with Gasteiger partial charge in [0.15, 0.2) is 0 Å². The number of pyridine rings is 1. The summed E-state index contributed by atoms with van der Waals surface area (Å²) in [7, 11) is 1.59. The summed E-state index contributed by atoms with van der Waals surface area (Å²) in [6.45, 7) is 3.85. The number of rotatable bonds is 5. The SMILES string of the molecule is COCc1cc(C)nc2sc(C(=O)Nc3ccc(C)c([N+](=O)[O-])c3)c(N)c12. The number of amides is 1. The third-order valence-electron chi connectivity index (χ3n) is 4.08. The number of carbonyl (C=O) groups is 1. The number of nitro groups is 1. The van der Waals surface area contributed by atoms with Crippen molar-refractivity contribution in [2.75, 3.05) is 18.2 Å². The Morgan fingerprint density at radius 1 is 1.37 bits per heavy atom. The molecular formula is C18H18N4O4S.